The molecule has 36 heavy (non-hydrogen) atoms. The first-order valence-electron chi connectivity index (χ1n) is 12.1. The number of hydrogen-bond acceptors (Lipinski definition) is 4. The minimum Gasteiger partial charge on any atom is -0.352 e. The van der Waals surface area contributed by atoms with Gasteiger partial charge >= 0.3 is 10.2 Å². The zero-order chi connectivity index (χ0) is 26.9. The Morgan fingerprint density at radius 2 is 1.58 bits per heavy atom. The van der Waals surface area contributed by atoms with Gasteiger partial charge in [0, 0.05) is 26.7 Å². The van der Waals surface area contributed by atoms with Crippen molar-refractivity contribution in [3.63, 3.8) is 0 Å². The SMILES string of the molecule is CC[C@@H](C)NC(=O)[C@@H](CC)N(CCc1ccccc1)C(=O)CN(c1ccc(F)cc1)S(=O)(=O)N(C)C. The maximum absolute atomic E-state index is 13.7. The van der Waals surface area contributed by atoms with Gasteiger partial charge in [-0.05, 0) is 56.0 Å². The van der Waals surface area contributed by atoms with E-state index in [1.165, 1.54) is 31.1 Å². The lowest BCUT2D eigenvalue weighted by Crippen LogP contribution is -2.55. The van der Waals surface area contributed by atoms with Crippen LogP contribution in [-0.2, 0) is 26.2 Å². The molecule has 10 heteroatoms. The van der Waals surface area contributed by atoms with Gasteiger partial charge in [0.05, 0.1) is 5.69 Å². The fourth-order valence-corrected chi connectivity index (χ4v) is 4.72. The highest BCUT2D eigenvalue weighted by atomic mass is 32.2. The molecule has 2 aromatic carbocycles. The lowest BCUT2D eigenvalue weighted by Gasteiger charge is -2.34. The van der Waals surface area contributed by atoms with Crippen LogP contribution in [0.1, 0.15) is 39.2 Å². The number of nitrogens with zero attached hydrogens (tertiary/aromatic N) is 3. The van der Waals surface area contributed by atoms with Gasteiger partial charge in [0.2, 0.25) is 11.8 Å². The van der Waals surface area contributed by atoms with Crippen molar-refractivity contribution in [1.29, 1.82) is 0 Å². The van der Waals surface area contributed by atoms with Crippen molar-refractivity contribution in [3.8, 4) is 0 Å². The third-order valence-corrected chi connectivity index (χ3v) is 7.82. The number of carbonyl (C=O) groups is 2. The summed E-state index contributed by atoms with van der Waals surface area (Å²) < 4.78 is 41.7. The number of anilines is 1. The van der Waals surface area contributed by atoms with E-state index in [9.17, 15) is 22.4 Å². The normalized spacial score (nSPS) is 13.2. The maximum Gasteiger partial charge on any atom is 0.304 e. The molecule has 2 atom stereocenters. The van der Waals surface area contributed by atoms with E-state index in [0.717, 1.165) is 32.7 Å². The molecule has 0 unspecified atom stereocenters. The van der Waals surface area contributed by atoms with Crippen molar-refractivity contribution in [2.24, 2.45) is 0 Å². The Hall–Kier alpha value is -2.98. The summed E-state index contributed by atoms with van der Waals surface area (Å²) in [5, 5.41) is 2.94. The Morgan fingerprint density at radius 1 is 0.972 bits per heavy atom. The fraction of sp³-hybridized carbons (Fsp3) is 0.462. The third kappa shape index (κ3) is 7.76. The number of nitrogens with one attached hydrogen (secondary N) is 1. The molecular formula is C26H37FN4O4S. The van der Waals surface area contributed by atoms with Crippen LogP contribution in [0.5, 0.6) is 0 Å². The van der Waals surface area contributed by atoms with Gasteiger partial charge in [-0.1, -0.05) is 44.2 Å². The van der Waals surface area contributed by atoms with Crippen molar-refractivity contribution < 1.29 is 22.4 Å². The molecule has 0 heterocycles. The van der Waals surface area contributed by atoms with Crippen molar-refractivity contribution >= 4 is 27.7 Å². The van der Waals surface area contributed by atoms with Crippen LogP contribution in [-0.4, -0.2) is 68.7 Å². The minimum atomic E-state index is -4.08. The Bertz CT molecular complexity index is 1090. The molecule has 8 nitrogen and oxygen atoms in total. The smallest absolute Gasteiger partial charge is 0.304 e. The molecule has 0 bridgehead atoms. The molecule has 0 aromatic heterocycles. The quantitative estimate of drug-likeness (QED) is 0.439. The summed E-state index contributed by atoms with van der Waals surface area (Å²) in [7, 11) is -1.36. The predicted molar refractivity (Wildman–Crippen MR) is 140 cm³/mol. The van der Waals surface area contributed by atoms with Crippen molar-refractivity contribution in [1.82, 2.24) is 14.5 Å². The lowest BCUT2D eigenvalue weighted by atomic mass is 10.1. The summed E-state index contributed by atoms with van der Waals surface area (Å²) in [6.45, 7) is 5.36. The lowest BCUT2D eigenvalue weighted by molar-refractivity contribution is -0.139. The van der Waals surface area contributed by atoms with E-state index in [0.29, 0.717) is 12.8 Å². The Labute approximate surface area is 214 Å². The predicted octanol–water partition coefficient (Wildman–Crippen LogP) is 3.20. The minimum absolute atomic E-state index is 0.0672. The van der Waals surface area contributed by atoms with Crippen LogP contribution in [0.25, 0.3) is 0 Å². The van der Waals surface area contributed by atoms with Crippen LogP contribution in [0.15, 0.2) is 54.6 Å². The third-order valence-electron chi connectivity index (χ3n) is 6.00. The van der Waals surface area contributed by atoms with Crippen LogP contribution in [0, 0.1) is 5.82 Å². The van der Waals surface area contributed by atoms with Crippen molar-refractivity contribution in [2.75, 3.05) is 31.5 Å². The van der Waals surface area contributed by atoms with Crippen LogP contribution in [0.3, 0.4) is 0 Å². The van der Waals surface area contributed by atoms with E-state index in [2.05, 4.69) is 5.32 Å². The first-order chi connectivity index (χ1) is 17.0. The number of rotatable bonds is 13. The number of benzene rings is 2. The van der Waals surface area contributed by atoms with E-state index >= 15 is 0 Å². The van der Waals surface area contributed by atoms with E-state index in [4.69, 9.17) is 0 Å². The standard InChI is InChI=1S/C26H37FN4O4S/c1-6-20(3)28-26(33)24(7-2)30(18-17-21-11-9-8-10-12-21)25(32)19-31(36(34,35)29(4)5)23-15-13-22(27)14-16-23/h8-16,20,24H,6-7,17-19H2,1-5H3,(H,28,33)/t20-,24-/m1/s1. The Kier molecular flexibility index (Phi) is 10.9. The zero-order valence-electron chi connectivity index (χ0n) is 21.6. The molecule has 0 fully saturated rings. The second-order valence-electron chi connectivity index (χ2n) is 8.84. The highest BCUT2D eigenvalue weighted by molar-refractivity contribution is 7.90. The topological polar surface area (TPSA) is 90.0 Å². The van der Waals surface area contributed by atoms with Crippen LogP contribution < -0.4 is 9.62 Å². The molecule has 0 radical (unpaired) electrons. The fourth-order valence-electron chi connectivity index (χ4n) is 3.66. The second-order valence-corrected chi connectivity index (χ2v) is 10.9. The average molecular weight is 521 g/mol. The van der Waals surface area contributed by atoms with Crippen molar-refractivity contribution in [2.45, 2.75) is 52.1 Å². The van der Waals surface area contributed by atoms with Gasteiger partial charge in [-0.25, -0.2) is 8.70 Å². The number of halogens is 1. The average Bonchev–Trinajstić information content (AvgIpc) is 2.85. The van der Waals surface area contributed by atoms with Gasteiger partial charge in [0.1, 0.15) is 18.4 Å². The second kappa shape index (κ2) is 13.4. The molecule has 0 aliphatic rings. The van der Waals surface area contributed by atoms with Gasteiger partial charge in [0.25, 0.3) is 0 Å². The molecule has 198 valence electrons. The van der Waals surface area contributed by atoms with Crippen LogP contribution in [0.4, 0.5) is 10.1 Å². The van der Waals surface area contributed by atoms with Gasteiger partial charge in [0.15, 0.2) is 0 Å². The van der Waals surface area contributed by atoms with E-state index in [1.807, 2.05) is 51.1 Å². The summed E-state index contributed by atoms with van der Waals surface area (Å²) in [5.74, 6) is -1.33. The molecule has 0 aliphatic heterocycles. The summed E-state index contributed by atoms with van der Waals surface area (Å²) in [6, 6.07) is 13.6. The van der Waals surface area contributed by atoms with Gasteiger partial charge in [-0.15, -0.1) is 0 Å². The largest absolute Gasteiger partial charge is 0.352 e. The summed E-state index contributed by atoms with van der Waals surface area (Å²) in [5.41, 5.74) is 1.14. The Morgan fingerprint density at radius 3 is 2.11 bits per heavy atom. The molecule has 0 aliphatic carbocycles. The summed E-state index contributed by atoms with van der Waals surface area (Å²) >= 11 is 0. The van der Waals surface area contributed by atoms with Crippen molar-refractivity contribution in [3.05, 3.63) is 66.0 Å². The molecule has 1 N–H and O–H groups in total. The highest BCUT2D eigenvalue weighted by Gasteiger charge is 2.33. The van der Waals surface area contributed by atoms with Crippen LogP contribution in [0.2, 0.25) is 0 Å². The number of hydrogen-bond donors (Lipinski definition) is 1. The maximum atomic E-state index is 13.7. The summed E-state index contributed by atoms with van der Waals surface area (Å²) in [4.78, 5) is 28.3. The molecular weight excluding hydrogens is 483 g/mol. The van der Waals surface area contributed by atoms with Gasteiger partial charge in [-0.3, -0.25) is 9.59 Å². The highest BCUT2D eigenvalue weighted by Crippen LogP contribution is 2.21. The first-order valence-corrected chi connectivity index (χ1v) is 13.5. The monoisotopic (exact) mass is 520 g/mol. The van der Waals surface area contributed by atoms with Gasteiger partial charge < -0.3 is 10.2 Å². The molecule has 0 spiro atoms. The molecule has 0 saturated carbocycles. The first kappa shape index (κ1) is 29.3. The van der Waals surface area contributed by atoms with Crippen LogP contribution >= 0.6 is 0 Å². The van der Waals surface area contributed by atoms with Gasteiger partial charge in [-0.2, -0.15) is 12.7 Å². The zero-order valence-corrected chi connectivity index (χ0v) is 22.5. The molecule has 0 saturated heterocycles. The van der Waals surface area contributed by atoms with E-state index < -0.39 is 34.5 Å². The van der Waals surface area contributed by atoms with E-state index in [-0.39, 0.29) is 24.2 Å². The Balaban J connectivity index is 2.42. The van der Waals surface area contributed by atoms with E-state index in [1.54, 1.807) is 0 Å². The molecule has 2 aromatic rings. The number of carbonyl (C=O) groups excluding carboxylic acids is 2. The molecule has 2 amide bonds. The number of amides is 2. The summed E-state index contributed by atoms with van der Waals surface area (Å²) in [6.07, 6.45) is 1.59. The molecule has 2 rings (SSSR count).